The van der Waals surface area contributed by atoms with Gasteiger partial charge in [-0.3, -0.25) is 0 Å². The Balaban J connectivity index is 3.30. The Morgan fingerprint density at radius 2 is 1.70 bits per heavy atom. The predicted octanol–water partition coefficient (Wildman–Crippen LogP) is -1.99. The minimum atomic E-state index is -1.92. The SMILES string of the molecule is CC(O)COC(O)C(O)O. The molecule has 0 amide bonds. The molecule has 0 aliphatic rings. The Labute approximate surface area is 58.5 Å². The highest BCUT2D eigenvalue weighted by Gasteiger charge is 2.13. The van der Waals surface area contributed by atoms with Gasteiger partial charge >= 0.3 is 0 Å². The molecule has 0 fully saturated rings. The number of hydrogen-bond donors (Lipinski definition) is 4. The molecule has 0 saturated heterocycles. The van der Waals surface area contributed by atoms with Gasteiger partial charge in [0.2, 0.25) is 12.6 Å². The van der Waals surface area contributed by atoms with Crippen molar-refractivity contribution in [3.05, 3.63) is 0 Å². The lowest BCUT2D eigenvalue weighted by molar-refractivity contribution is -0.237. The Morgan fingerprint density at radius 3 is 2.00 bits per heavy atom. The van der Waals surface area contributed by atoms with Crippen LogP contribution in [0.3, 0.4) is 0 Å². The van der Waals surface area contributed by atoms with Crippen molar-refractivity contribution in [3.63, 3.8) is 0 Å². The molecule has 0 spiro atoms. The predicted molar refractivity (Wildman–Crippen MR) is 31.9 cm³/mol. The van der Waals surface area contributed by atoms with Gasteiger partial charge in [0.25, 0.3) is 0 Å². The lowest BCUT2D eigenvalue weighted by atomic mass is 10.4. The van der Waals surface area contributed by atoms with E-state index in [-0.39, 0.29) is 6.61 Å². The summed E-state index contributed by atoms with van der Waals surface area (Å²) in [5.74, 6) is 0. The minimum absolute atomic E-state index is 0.126. The smallest absolute Gasteiger partial charge is 0.206 e. The summed E-state index contributed by atoms with van der Waals surface area (Å²) >= 11 is 0. The fraction of sp³-hybridized carbons (Fsp3) is 1.00. The van der Waals surface area contributed by atoms with E-state index in [9.17, 15) is 0 Å². The zero-order chi connectivity index (χ0) is 8.15. The second-order valence-electron chi connectivity index (χ2n) is 1.99. The molecule has 10 heavy (non-hydrogen) atoms. The first-order chi connectivity index (χ1) is 4.54. The third-order valence-corrected chi connectivity index (χ3v) is 0.763. The van der Waals surface area contributed by atoms with Gasteiger partial charge in [0.1, 0.15) is 0 Å². The first-order valence-corrected chi connectivity index (χ1v) is 2.88. The molecule has 0 aromatic heterocycles. The molecular formula is C5H12O5. The second-order valence-corrected chi connectivity index (χ2v) is 1.99. The van der Waals surface area contributed by atoms with Crippen LogP contribution in [0.4, 0.5) is 0 Å². The van der Waals surface area contributed by atoms with Gasteiger partial charge < -0.3 is 25.2 Å². The van der Waals surface area contributed by atoms with Crippen molar-refractivity contribution in [1.29, 1.82) is 0 Å². The van der Waals surface area contributed by atoms with Gasteiger partial charge in [-0.05, 0) is 6.92 Å². The van der Waals surface area contributed by atoms with E-state index in [1.807, 2.05) is 0 Å². The van der Waals surface area contributed by atoms with Crippen LogP contribution in [-0.4, -0.2) is 45.7 Å². The third kappa shape index (κ3) is 4.66. The summed E-state index contributed by atoms with van der Waals surface area (Å²) in [5.41, 5.74) is 0. The number of hydrogen-bond acceptors (Lipinski definition) is 5. The van der Waals surface area contributed by atoms with E-state index in [0.717, 1.165) is 0 Å². The molecule has 0 radical (unpaired) electrons. The highest BCUT2D eigenvalue weighted by molar-refractivity contribution is 4.45. The fourth-order valence-electron chi connectivity index (χ4n) is 0.324. The maximum absolute atomic E-state index is 8.58. The van der Waals surface area contributed by atoms with E-state index in [1.54, 1.807) is 0 Å². The van der Waals surface area contributed by atoms with Crippen LogP contribution < -0.4 is 0 Å². The first kappa shape index (κ1) is 9.80. The highest BCUT2D eigenvalue weighted by Crippen LogP contribution is 1.93. The van der Waals surface area contributed by atoms with Gasteiger partial charge in [0.15, 0.2) is 0 Å². The fourth-order valence-corrected chi connectivity index (χ4v) is 0.324. The van der Waals surface area contributed by atoms with Crippen molar-refractivity contribution in [3.8, 4) is 0 Å². The number of aliphatic hydroxyl groups excluding tert-OH is 3. The zero-order valence-corrected chi connectivity index (χ0v) is 5.64. The zero-order valence-electron chi connectivity index (χ0n) is 5.64. The van der Waals surface area contributed by atoms with Crippen molar-refractivity contribution in [2.75, 3.05) is 6.61 Å². The van der Waals surface area contributed by atoms with E-state index >= 15 is 0 Å². The van der Waals surface area contributed by atoms with Crippen LogP contribution in [0.5, 0.6) is 0 Å². The largest absolute Gasteiger partial charge is 0.391 e. The molecule has 0 bridgehead atoms. The van der Waals surface area contributed by atoms with Crippen molar-refractivity contribution < 1.29 is 25.2 Å². The normalized spacial score (nSPS) is 17.4. The molecule has 2 atom stereocenters. The van der Waals surface area contributed by atoms with Crippen molar-refractivity contribution in [1.82, 2.24) is 0 Å². The Hall–Kier alpha value is -0.200. The van der Waals surface area contributed by atoms with Crippen LogP contribution in [0.25, 0.3) is 0 Å². The van der Waals surface area contributed by atoms with Gasteiger partial charge in [-0.25, -0.2) is 0 Å². The Bertz CT molecular complexity index is 82.1. The number of rotatable bonds is 4. The van der Waals surface area contributed by atoms with E-state index in [4.69, 9.17) is 20.4 Å². The van der Waals surface area contributed by atoms with E-state index in [1.165, 1.54) is 6.92 Å². The summed E-state index contributed by atoms with van der Waals surface area (Å²) in [6, 6.07) is 0. The first-order valence-electron chi connectivity index (χ1n) is 2.88. The molecule has 62 valence electrons. The number of ether oxygens (including phenoxy) is 1. The van der Waals surface area contributed by atoms with Crippen LogP contribution in [0.1, 0.15) is 6.92 Å². The van der Waals surface area contributed by atoms with E-state index in [2.05, 4.69) is 4.74 Å². The number of aliphatic hydroxyl groups is 4. The molecule has 0 aromatic rings. The summed E-state index contributed by atoms with van der Waals surface area (Å²) in [7, 11) is 0. The molecular weight excluding hydrogens is 140 g/mol. The standard InChI is InChI=1S/C5H12O5/c1-3(6)2-10-5(9)4(7)8/h3-9H,2H2,1H3. The van der Waals surface area contributed by atoms with Crippen molar-refractivity contribution in [2.45, 2.75) is 25.6 Å². The highest BCUT2D eigenvalue weighted by atomic mass is 16.6. The minimum Gasteiger partial charge on any atom is -0.391 e. The monoisotopic (exact) mass is 152 g/mol. The van der Waals surface area contributed by atoms with Gasteiger partial charge in [-0.2, -0.15) is 0 Å². The lowest BCUT2D eigenvalue weighted by Gasteiger charge is -2.13. The topological polar surface area (TPSA) is 90.2 Å². The second kappa shape index (κ2) is 4.59. The molecule has 0 rings (SSSR count). The molecule has 4 N–H and O–H groups in total. The Morgan fingerprint density at radius 1 is 1.20 bits per heavy atom. The van der Waals surface area contributed by atoms with Crippen molar-refractivity contribution >= 4 is 0 Å². The molecule has 0 saturated carbocycles. The van der Waals surface area contributed by atoms with Crippen LogP contribution in [0.2, 0.25) is 0 Å². The molecule has 2 unspecified atom stereocenters. The molecule has 0 aliphatic carbocycles. The van der Waals surface area contributed by atoms with Gasteiger partial charge in [-0.15, -0.1) is 0 Å². The van der Waals surface area contributed by atoms with Crippen LogP contribution in [0.15, 0.2) is 0 Å². The summed E-state index contributed by atoms with van der Waals surface area (Å²) in [4.78, 5) is 0. The molecule has 5 nitrogen and oxygen atoms in total. The summed E-state index contributed by atoms with van der Waals surface area (Å²) < 4.78 is 4.37. The Kier molecular flexibility index (Phi) is 4.50. The molecule has 0 aliphatic heterocycles. The summed E-state index contributed by atoms with van der Waals surface area (Å²) in [6.45, 7) is 1.33. The van der Waals surface area contributed by atoms with Gasteiger partial charge in [0.05, 0.1) is 12.7 Å². The molecule has 0 heterocycles. The average Bonchev–Trinajstić information content (AvgIpc) is 1.82. The average molecular weight is 152 g/mol. The maximum atomic E-state index is 8.58. The van der Waals surface area contributed by atoms with Crippen LogP contribution in [0, 0.1) is 0 Å². The van der Waals surface area contributed by atoms with Crippen LogP contribution >= 0.6 is 0 Å². The quantitative estimate of drug-likeness (QED) is 0.350. The van der Waals surface area contributed by atoms with E-state index in [0.29, 0.717) is 0 Å². The molecule has 0 aromatic carbocycles. The summed E-state index contributed by atoms with van der Waals surface area (Å²) in [6.07, 6.45) is -4.29. The summed E-state index contributed by atoms with van der Waals surface area (Å²) in [5, 5.41) is 33.6. The van der Waals surface area contributed by atoms with E-state index < -0.39 is 18.7 Å². The van der Waals surface area contributed by atoms with Crippen LogP contribution in [-0.2, 0) is 4.74 Å². The molecule has 5 heteroatoms. The third-order valence-electron chi connectivity index (χ3n) is 0.763. The van der Waals surface area contributed by atoms with Crippen molar-refractivity contribution in [2.24, 2.45) is 0 Å². The lowest BCUT2D eigenvalue weighted by Crippen LogP contribution is -2.30. The van der Waals surface area contributed by atoms with Gasteiger partial charge in [-0.1, -0.05) is 0 Å². The maximum Gasteiger partial charge on any atom is 0.206 e. The van der Waals surface area contributed by atoms with Gasteiger partial charge in [0, 0.05) is 0 Å².